The SMILES string of the molecule is CC/C=C\C/C=C\C/C=C\C/C=C\C/C=C\CC(=O)OC(/C=C\C/C=C\C/C=C\C/C=C\CC)CCCCCCCC(=O)O. The second-order valence-corrected chi connectivity index (χ2v) is 10.6. The number of esters is 1. The molecule has 0 aliphatic carbocycles. The van der Waals surface area contributed by atoms with E-state index in [0.29, 0.717) is 0 Å². The fourth-order valence-electron chi connectivity index (χ4n) is 4.11. The second kappa shape index (κ2) is 34.1. The maximum atomic E-state index is 12.5. The van der Waals surface area contributed by atoms with Gasteiger partial charge in [-0.15, -0.1) is 0 Å². The van der Waals surface area contributed by atoms with Crippen molar-refractivity contribution in [1.82, 2.24) is 0 Å². The van der Waals surface area contributed by atoms with Gasteiger partial charge in [-0.3, -0.25) is 9.59 Å². The van der Waals surface area contributed by atoms with Crippen molar-refractivity contribution in [3.63, 3.8) is 0 Å². The van der Waals surface area contributed by atoms with Crippen LogP contribution in [0, 0.1) is 0 Å². The van der Waals surface area contributed by atoms with Crippen LogP contribution in [0.2, 0.25) is 0 Å². The quantitative estimate of drug-likeness (QED) is 0.0548. The van der Waals surface area contributed by atoms with E-state index in [2.05, 4.69) is 105 Å². The molecule has 0 bridgehead atoms. The summed E-state index contributed by atoms with van der Waals surface area (Å²) in [4.78, 5) is 23.2. The summed E-state index contributed by atoms with van der Waals surface area (Å²) in [6, 6.07) is 0. The summed E-state index contributed by atoms with van der Waals surface area (Å²) in [6.45, 7) is 4.28. The number of ether oxygens (including phenoxy) is 1. The number of aliphatic carboxylic acids is 1. The van der Waals surface area contributed by atoms with E-state index < -0.39 is 5.97 Å². The van der Waals surface area contributed by atoms with Crippen LogP contribution in [0.1, 0.15) is 123 Å². The minimum absolute atomic E-state index is 0.208. The Balaban J connectivity index is 4.46. The molecule has 0 spiro atoms. The lowest BCUT2D eigenvalue weighted by Crippen LogP contribution is -2.15. The highest BCUT2D eigenvalue weighted by molar-refractivity contribution is 5.71. The molecule has 1 unspecified atom stereocenters. The molecule has 0 aliphatic heterocycles. The first-order chi connectivity index (χ1) is 21.6. The Morgan fingerprint density at radius 1 is 0.523 bits per heavy atom. The minimum atomic E-state index is -0.733. The maximum Gasteiger partial charge on any atom is 0.310 e. The zero-order chi connectivity index (χ0) is 32.2. The fraction of sp³-hybridized carbons (Fsp3) is 0.500. The van der Waals surface area contributed by atoms with Gasteiger partial charge in [0, 0.05) is 6.42 Å². The van der Waals surface area contributed by atoms with E-state index in [1.807, 2.05) is 18.2 Å². The summed E-state index contributed by atoms with van der Waals surface area (Å²) in [5.74, 6) is -0.941. The lowest BCUT2D eigenvalue weighted by Gasteiger charge is -2.14. The molecule has 0 radical (unpaired) electrons. The molecule has 4 nitrogen and oxygen atoms in total. The molecule has 1 N–H and O–H groups in total. The van der Waals surface area contributed by atoms with Crippen LogP contribution in [-0.2, 0) is 14.3 Å². The first-order valence-electron chi connectivity index (χ1n) is 16.9. The number of rotatable bonds is 28. The molecule has 44 heavy (non-hydrogen) atoms. The van der Waals surface area contributed by atoms with Gasteiger partial charge in [0.05, 0.1) is 6.42 Å². The first-order valence-corrected chi connectivity index (χ1v) is 16.9. The van der Waals surface area contributed by atoms with E-state index in [1.54, 1.807) is 0 Å². The third-order valence-corrected chi connectivity index (χ3v) is 6.51. The molecule has 0 aliphatic rings. The number of carbonyl (C=O) groups is 2. The summed E-state index contributed by atoms with van der Waals surface area (Å²) in [7, 11) is 0. The summed E-state index contributed by atoms with van der Waals surface area (Å²) < 4.78 is 5.79. The van der Waals surface area contributed by atoms with Crippen molar-refractivity contribution in [2.45, 2.75) is 129 Å². The van der Waals surface area contributed by atoms with Crippen LogP contribution in [0.4, 0.5) is 0 Å². The predicted molar refractivity (Wildman–Crippen MR) is 190 cm³/mol. The molecule has 0 aromatic rings. The largest absolute Gasteiger partial charge is 0.481 e. The molecular weight excluding hydrogens is 544 g/mol. The fourth-order valence-corrected chi connectivity index (χ4v) is 4.11. The molecule has 244 valence electrons. The van der Waals surface area contributed by atoms with Crippen molar-refractivity contribution >= 4 is 11.9 Å². The molecular formula is C40H60O4. The van der Waals surface area contributed by atoms with Gasteiger partial charge in [0.2, 0.25) is 0 Å². The first kappa shape index (κ1) is 40.6. The Bertz CT molecular complexity index is 956. The van der Waals surface area contributed by atoms with E-state index in [1.165, 1.54) is 0 Å². The number of hydrogen-bond acceptors (Lipinski definition) is 3. The molecule has 4 heteroatoms. The molecule has 1 atom stereocenters. The third kappa shape index (κ3) is 33.1. The normalized spacial score (nSPS) is 13.7. The molecule has 0 saturated carbocycles. The number of carboxylic acids is 1. The van der Waals surface area contributed by atoms with E-state index in [-0.39, 0.29) is 24.9 Å². The Morgan fingerprint density at radius 2 is 0.909 bits per heavy atom. The van der Waals surface area contributed by atoms with E-state index in [0.717, 1.165) is 96.3 Å². The molecule has 0 heterocycles. The number of allylic oxidation sites excluding steroid dienone is 16. The third-order valence-electron chi connectivity index (χ3n) is 6.51. The van der Waals surface area contributed by atoms with Crippen LogP contribution < -0.4 is 0 Å². The van der Waals surface area contributed by atoms with Gasteiger partial charge in [-0.05, 0) is 83.1 Å². The Morgan fingerprint density at radius 3 is 1.36 bits per heavy atom. The van der Waals surface area contributed by atoms with Crippen molar-refractivity contribution in [2.24, 2.45) is 0 Å². The predicted octanol–water partition coefficient (Wildman–Crippen LogP) is 11.7. The average molecular weight is 605 g/mol. The molecule has 0 saturated heterocycles. The highest BCUT2D eigenvalue weighted by Gasteiger charge is 2.10. The molecule has 0 rings (SSSR count). The highest BCUT2D eigenvalue weighted by Crippen LogP contribution is 2.13. The van der Waals surface area contributed by atoms with Crippen LogP contribution >= 0.6 is 0 Å². The van der Waals surface area contributed by atoms with Gasteiger partial charge in [-0.2, -0.15) is 0 Å². The topological polar surface area (TPSA) is 63.6 Å². The van der Waals surface area contributed by atoms with Crippen molar-refractivity contribution in [1.29, 1.82) is 0 Å². The van der Waals surface area contributed by atoms with E-state index >= 15 is 0 Å². The van der Waals surface area contributed by atoms with Crippen LogP contribution in [-0.4, -0.2) is 23.1 Å². The van der Waals surface area contributed by atoms with Crippen molar-refractivity contribution in [3.8, 4) is 0 Å². The van der Waals surface area contributed by atoms with Gasteiger partial charge in [-0.25, -0.2) is 0 Å². The van der Waals surface area contributed by atoms with Gasteiger partial charge in [-0.1, -0.05) is 136 Å². The highest BCUT2D eigenvalue weighted by atomic mass is 16.5. The van der Waals surface area contributed by atoms with Gasteiger partial charge in [0.25, 0.3) is 0 Å². The number of hydrogen-bond donors (Lipinski definition) is 1. The lowest BCUT2D eigenvalue weighted by molar-refractivity contribution is -0.146. The van der Waals surface area contributed by atoms with Gasteiger partial charge in [0.1, 0.15) is 6.10 Å². The summed E-state index contributed by atoms with van der Waals surface area (Å²) in [5.41, 5.74) is 0. The average Bonchev–Trinajstić information content (AvgIpc) is 3.00. The van der Waals surface area contributed by atoms with E-state index in [4.69, 9.17) is 9.84 Å². The number of carboxylic acid groups (broad SMARTS) is 1. The van der Waals surface area contributed by atoms with Crippen molar-refractivity contribution in [2.75, 3.05) is 0 Å². The molecule has 0 aromatic carbocycles. The van der Waals surface area contributed by atoms with Crippen LogP contribution in [0.15, 0.2) is 109 Å². The molecule has 0 amide bonds. The van der Waals surface area contributed by atoms with Crippen molar-refractivity contribution < 1.29 is 19.4 Å². The monoisotopic (exact) mass is 604 g/mol. The van der Waals surface area contributed by atoms with Gasteiger partial charge < -0.3 is 9.84 Å². The lowest BCUT2D eigenvalue weighted by atomic mass is 10.1. The maximum absolute atomic E-state index is 12.5. The Hall–Kier alpha value is -3.40. The smallest absolute Gasteiger partial charge is 0.310 e. The van der Waals surface area contributed by atoms with Crippen LogP contribution in [0.5, 0.6) is 0 Å². The number of unbranched alkanes of at least 4 members (excludes halogenated alkanes) is 4. The Kier molecular flexibility index (Phi) is 31.5. The zero-order valence-corrected chi connectivity index (χ0v) is 27.7. The van der Waals surface area contributed by atoms with Gasteiger partial charge >= 0.3 is 11.9 Å². The van der Waals surface area contributed by atoms with Crippen LogP contribution in [0.25, 0.3) is 0 Å². The second-order valence-electron chi connectivity index (χ2n) is 10.6. The molecule has 0 fully saturated rings. The minimum Gasteiger partial charge on any atom is -0.481 e. The van der Waals surface area contributed by atoms with Crippen molar-refractivity contribution in [3.05, 3.63) is 109 Å². The summed E-state index contributed by atoms with van der Waals surface area (Å²) in [6.07, 6.45) is 52.6. The van der Waals surface area contributed by atoms with E-state index in [9.17, 15) is 9.59 Å². The Labute approximate surface area is 269 Å². The van der Waals surface area contributed by atoms with Gasteiger partial charge in [0.15, 0.2) is 0 Å². The standard InChI is InChI=1S/C40H60O4/c1-3-5-7-9-11-13-15-16-17-18-20-22-24-29-33-37-40(43)44-38(35-31-27-25-28-32-36-39(41)42)34-30-26-23-21-19-14-12-10-8-6-4-2/h5-8,11-14,16-17,20-23,29-30,33-34,38H,3-4,9-10,15,18-19,24-28,31-32,35-37H2,1-2H3,(H,41,42)/b7-5-,8-6-,13-11-,14-12-,17-16-,22-20-,23-21-,33-29-,34-30-. The summed E-state index contributed by atoms with van der Waals surface area (Å²) in [5, 5.41) is 8.78. The zero-order valence-electron chi connectivity index (χ0n) is 27.7. The molecule has 0 aromatic heterocycles. The summed E-state index contributed by atoms with van der Waals surface area (Å²) >= 11 is 0. The van der Waals surface area contributed by atoms with Crippen LogP contribution in [0.3, 0.4) is 0 Å². The number of carbonyl (C=O) groups excluding carboxylic acids is 1.